The maximum Gasteiger partial charge on any atom is 0.255 e. The average molecular weight is 271 g/mol. The van der Waals surface area contributed by atoms with Crippen LogP contribution in [-0.2, 0) is 0 Å². The molecule has 20 heavy (non-hydrogen) atoms. The lowest BCUT2D eigenvalue weighted by Crippen LogP contribution is -2.12. The van der Waals surface area contributed by atoms with Crippen molar-refractivity contribution in [3.8, 4) is 0 Å². The van der Waals surface area contributed by atoms with Gasteiger partial charge in [-0.15, -0.1) is 0 Å². The Kier molecular flexibility index (Phi) is 4.18. The predicted octanol–water partition coefficient (Wildman–Crippen LogP) is 4.51. The highest BCUT2D eigenvalue weighted by molar-refractivity contribution is 6.04. The number of benzene rings is 2. The summed E-state index contributed by atoms with van der Waals surface area (Å²) in [6.45, 7) is 5.85. The molecule has 1 N–H and O–H groups in total. The molecule has 2 aromatic carbocycles. The number of amides is 1. The van der Waals surface area contributed by atoms with Crippen LogP contribution in [0.5, 0.6) is 0 Å². The summed E-state index contributed by atoms with van der Waals surface area (Å²) in [6, 6.07) is 12.1. The molecule has 2 rings (SSSR count). The van der Waals surface area contributed by atoms with E-state index in [1.54, 1.807) is 13.0 Å². The van der Waals surface area contributed by atoms with Crippen LogP contribution in [0, 0.1) is 12.7 Å². The molecular formula is C17H18FNO. The van der Waals surface area contributed by atoms with E-state index in [0.717, 1.165) is 11.3 Å². The van der Waals surface area contributed by atoms with Crippen LogP contribution in [0.3, 0.4) is 0 Å². The Hall–Kier alpha value is -2.16. The Balaban J connectivity index is 2.19. The second kappa shape index (κ2) is 5.87. The molecule has 0 unspecified atom stereocenters. The predicted molar refractivity (Wildman–Crippen MR) is 79.6 cm³/mol. The van der Waals surface area contributed by atoms with Crippen molar-refractivity contribution < 1.29 is 9.18 Å². The topological polar surface area (TPSA) is 29.1 Å². The summed E-state index contributed by atoms with van der Waals surface area (Å²) in [4.78, 5) is 12.1. The molecule has 0 aromatic heterocycles. The molecule has 2 aromatic rings. The maximum absolute atomic E-state index is 13.2. The van der Waals surface area contributed by atoms with Crippen molar-refractivity contribution >= 4 is 11.6 Å². The van der Waals surface area contributed by atoms with E-state index in [4.69, 9.17) is 0 Å². The van der Waals surface area contributed by atoms with Crippen LogP contribution in [0.2, 0.25) is 0 Å². The molecule has 104 valence electrons. The maximum atomic E-state index is 13.2. The van der Waals surface area contributed by atoms with Gasteiger partial charge in [0.25, 0.3) is 5.91 Å². The minimum atomic E-state index is -0.302. The molecule has 0 bridgehead atoms. The molecule has 0 heterocycles. The van der Waals surface area contributed by atoms with Crippen molar-refractivity contribution in [2.75, 3.05) is 5.32 Å². The normalized spacial score (nSPS) is 10.7. The summed E-state index contributed by atoms with van der Waals surface area (Å²) >= 11 is 0. The fourth-order valence-corrected chi connectivity index (χ4v) is 1.96. The van der Waals surface area contributed by atoms with Crippen LogP contribution in [-0.4, -0.2) is 5.91 Å². The first-order chi connectivity index (χ1) is 9.47. The average Bonchev–Trinajstić information content (AvgIpc) is 2.42. The lowest BCUT2D eigenvalue weighted by Gasteiger charge is -2.10. The summed E-state index contributed by atoms with van der Waals surface area (Å²) in [5, 5.41) is 2.84. The second-order valence-corrected chi connectivity index (χ2v) is 5.20. The van der Waals surface area contributed by atoms with Gasteiger partial charge in [-0.3, -0.25) is 4.79 Å². The van der Waals surface area contributed by atoms with Gasteiger partial charge in [0.05, 0.1) is 0 Å². The van der Waals surface area contributed by atoms with E-state index in [-0.39, 0.29) is 11.7 Å². The molecule has 0 spiro atoms. The number of hydrogen-bond donors (Lipinski definition) is 1. The zero-order valence-corrected chi connectivity index (χ0v) is 11.9. The van der Waals surface area contributed by atoms with Gasteiger partial charge in [-0.1, -0.05) is 26.0 Å². The highest BCUT2D eigenvalue weighted by Gasteiger charge is 2.09. The Morgan fingerprint density at radius 1 is 1.15 bits per heavy atom. The fraction of sp³-hybridized carbons (Fsp3) is 0.235. The standard InChI is InChI=1S/C17H18FNO/c1-11(2)13-5-4-6-15(10-13)19-17(20)14-7-8-16(18)12(3)9-14/h4-11H,1-3H3,(H,19,20). The summed E-state index contributed by atoms with van der Waals surface area (Å²) in [6.07, 6.45) is 0. The highest BCUT2D eigenvalue weighted by atomic mass is 19.1. The SMILES string of the molecule is Cc1cc(C(=O)Nc2cccc(C(C)C)c2)ccc1F. The number of hydrogen-bond acceptors (Lipinski definition) is 1. The van der Waals surface area contributed by atoms with Crippen molar-refractivity contribution in [3.05, 3.63) is 65.0 Å². The first-order valence-electron chi connectivity index (χ1n) is 6.65. The van der Waals surface area contributed by atoms with Gasteiger partial charge in [-0.25, -0.2) is 4.39 Å². The summed E-state index contributed by atoms with van der Waals surface area (Å²) in [7, 11) is 0. The van der Waals surface area contributed by atoms with Gasteiger partial charge in [0.2, 0.25) is 0 Å². The third-order valence-electron chi connectivity index (χ3n) is 3.23. The molecule has 0 aliphatic carbocycles. The number of carbonyl (C=O) groups excluding carboxylic acids is 1. The Morgan fingerprint density at radius 3 is 2.55 bits per heavy atom. The van der Waals surface area contributed by atoms with Gasteiger partial charge in [-0.05, 0) is 54.3 Å². The molecule has 0 atom stereocenters. The molecule has 0 radical (unpaired) electrons. The molecule has 2 nitrogen and oxygen atoms in total. The zero-order chi connectivity index (χ0) is 14.7. The van der Waals surface area contributed by atoms with E-state index in [1.165, 1.54) is 12.1 Å². The minimum Gasteiger partial charge on any atom is -0.322 e. The van der Waals surface area contributed by atoms with Crippen LogP contribution in [0.1, 0.15) is 41.3 Å². The number of nitrogens with one attached hydrogen (secondary N) is 1. The lowest BCUT2D eigenvalue weighted by atomic mass is 10.0. The number of anilines is 1. The van der Waals surface area contributed by atoms with Crippen LogP contribution >= 0.6 is 0 Å². The van der Waals surface area contributed by atoms with Crippen LogP contribution in [0.15, 0.2) is 42.5 Å². The summed E-state index contributed by atoms with van der Waals surface area (Å²) in [5.74, 6) is -0.128. The van der Waals surface area contributed by atoms with Crippen molar-refractivity contribution in [1.82, 2.24) is 0 Å². The van der Waals surface area contributed by atoms with Gasteiger partial charge in [0.1, 0.15) is 5.82 Å². The van der Waals surface area contributed by atoms with Crippen molar-refractivity contribution in [1.29, 1.82) is 0 Å². The first kappa shape index (κ1) is 14.3. The van der Waals surface area contributed by atoms with E-state index >= 15 is 0 Å². The molecular weight excluding hydrogens is 253 g/mol. The van der Waals surface area contributed by atoms with Gasteiger partial charge < -0.3 is 5.32 Å². The van der Waals surface area contributed by atoms with Crippen LogP contribution < -0.4 is 5.32 Å². The Morgan fingerprint density at radius 2 is 1.90 bits per heavy atom. The third-order valence-corrected chi connectivity index (χ3v) is 3.23. The third kappa shape index (κ3) is 3.23. The van der Waals surface area contributed by atoms with E-state index < -0.39 is 0 Å². The van der Waals surface area contributed by atoms with Gasteiger partial charge in [0, 0.05) is 11.3 Å². The Labute approximate surface area is 118 Å². The molecule has 0 saturated heterocycles. The Bertz CT molecular complexity index is 635. The second-order valence-electron chi connectivity index (χ2n) is 5.20. The molecule has 0 aliphatic rings. The van der Waals surface area contributed by atoms with Gasteiger partial charge in [0.15, 0.2) is 0 Å². The number of rotatable bonds is 3. The summed E-state index contributed by atoms with van der Waals surface area (Å²) < 4.78 is 13.2. The molecule has 1 amide bonds. The minimum absolute atomic E-state index is 0.228. The fourth-order valence-electron chi connectivity index (χ4n) is 1.96. The van der Waals surface area contributed by atoms with Crippen LogP contribution in [0.25, 0.3) is 0 Å². The molecule has 3 heteroatoms. The quantitative estimate of drug-likeness (QED) is 0.874. The van der Waals surface area contributed by atoms with Crippen molar-refractivity contribution in [2.45, 2.75) is 26.7 Å². The van der Waals surface area contributed by atoms with E-state index in [1.807, 2.05) is 24.3 Å². The van der Waals surface area contributed by atoms with E-state index in [9.17, 15) is 9.18 Å². The van der Waals surface area contributed by atoms with E-state index in [2.05, 4.69) is 19.2 Å². The number of carbonyl (C=O) groups is 1. The lowest BCUT2D eigenvalue weighted by molar-refractivity contribution is 0.102. The smallest absolute Gasteiger partial charge is 0.255 e. The number of aryl methyl sites for hydroxylation is 1. The van der Waals surface area contributed by atoms with Crippen LogP contribution in [0.4, 0.5) is 10.1 Å². The van der Waals surface area contributed by atoms with E-state index in [0.29, 0.717) is 17.0 Å². The molecule has 0 aliphatic heterocycles. The first-order valence-corrected chi connectivity index (χ1v) is 6.65. The van der Waals surface area contributed by atoms with Gasteiger partial charge in [-0.2, -0.15) is 0 Å². The summed E-state index contributed by atoms with van der Waals surface area (Å²) in [5.41, 5.74) is 2.84. The number of halogens is 1. The molecule has 0 fully saturated rings. The molecule has 0 saturated carbocycles. The highest BCUT2D eigenvalue weighted by Crippen LogP contribution is 2.19. The largest absolute Gasteiger partial charge is 0.322 e. The van der Waals surface area contributed by atoms with Crippen molar-refractivity contribution in [2.24, 2.45) is 0 Å². The van der Waals surface area contributed by atoms with Crippen molar-refractivity contribution in [3.63, 3.8) is 0 Å². The van der Waals surface area contributed by atoms with Gasteiger partial charge >= 0.3 is 0 Å². The zero-order valence-electron chi connectivity index (χ0n) is 11.9. The monoisotopic (exact) mass is 271 g/mol.